The molecule has 0 aromatic heterocycles. The topological polar surface area (TPSA) is 58.2 Å². The number of urea groups is 1. The largest absolute Gasteiger partial charge is 0.334 e. The van der Waals surface area contributed by atoms with E-state index in [1.165, 1.54) is 0 Å². The lowest BCUT2D eigenvalue weighted by molar-refractivity contribution is -0.119. The first-order chi connectivity index (χ1) is 8.65. The van der Waals surface area contributed by atoms with Gasteiger partial charge in [-0.15, -0.1) is 11.6 Å². The van der Waals surface area contributed by atoms with Gasteiger partial charge in [-0.2, -0.15) is 0 Å². The Morgan fingerprint density at radius 1 is 1.28 bits per heavy atom. The molecule has 0 bridgehead atoms. The van der Waals surface area contributed by atoms with Gasteiger partial charge < -0.3 is 5.32 Å². The number of imide groups is 1. The molecule has 1 aromatic rings. The molecule has 0 atom stereocenters. The summed E-state index contributed by atoms with van der Waals surface area (Å²) in [5.74, 6) is -0.188. The van der Waals surface area contributed by atoms with E-state index in [9.17, 15) is 9.59 Å². The van der Waals surface area contributed by atoms with Crippen LogP contribution in [0.2, 0.25) is 0 Å². The van der Waals surface area contributed by atoms with Crippen LogP contribution in [-0.4, -0.2) is 17.8 Å². The number of halogens is 1. The number of alkyl halides is 1. The van der Waals surface area contributed by atoms with Crippen LogP contribution in [0.5, 0.6) is 0 Å². The Morgan fingerprint density at radius 2 is 1.94 bits per heavy atom. The summed E-state index contributed by atoms with van der Waals surface area (Å²) >= 11 is 5.38. The van der Waals surface area contributed by atoms with E-state index in [1.807, 2.05) is 24.3 Å². The number of amides is 3. The van der Waals surface area contributed by atoms with Crippen molar-refractivity contribution in [3.8, 4) is 0 Å². The molecule has 0 saturated heterocycles. The van der Waals surface area contributed by atoms with Gasteiger partial charge in [0.25, 0.3) is 0 Å². The molecule has 0 unspecified atom stereocenters. The van der Waals surface area contributed by atoms with Crippen LogP contribution in [0.3, 0.4) is 0 Å². The predicted octanol–water partition coefficient (Wildman–Crippen LogP) is 2.28. The van der Waals surface area contributed by atoms with E-state index < -0.39 is 6.03 Å². The summed E-state index contributed by atoms with van der Waals surface area (Å²) in [5, 5.41) is 4.77. The van der Waals surface area contributed by atoms with E-state index in [2.05, 4.69) is 17.2 Å². The highest BCUT2D eigenvalue weighted by Gasteiger charge is 2.05. The third-order valence-electron chi connectivity index (χ3n) is 2.24. The first-order valence-corrected chi connectivity index (χ1v) is 6.04. The molecule has 4 nitrogen and oxygen atoms in total. The van der Waals surface area contributed by atoms with Gasteiger partial charge in [-0.3, -0.25) is 10.1 Å². The van der Waals surface area contributed by atoms with Gasteiger partial charge in [0.1, 0.15) is 0 Å². The van der Waals surface area contributed by atoms with Crippen molar-refractivity contribution in [2.75, 3.05) is 5.88 Å². The van der Waals surface area contributed by atoms with Crippen LogP contribution in [-0.2, 0) is 11.3 Å². The molecule has 0 spiro atoms. The molecule has 18 heavy (non-hydrogen) atoms. The van der Waals surface area contributed by atoms with Gasteiger partial charge in [-0.1, -0.05) is 36.9 Å². The minimum absolute atomic E-state index is 0.128. The average Bonchev–Trinajstić information content (AvgIpc) is 2.37. The second kappa shape index (κ2) is 7.50. The molecule has 1 aromatic carbocycles. The fourth-order valence-electron chi connectivity index (χ4n) is 1.27. The zero-order chi connectivity index (χ0) is 13.4. The Hall–Kier alpha value is -1.81. The Morgan fingerprint density at radius 3 is 2.50 bits per heavy atom. The smallest absolute Gasteiger partial charge is 0.321 e. The van der Waals surface area contributed by atoms with Gasteiger partial charge in [0, 0.05) is 18.8 Å². The number of rotatable bonds is 5. The van der Waals surface area contributed by atoms with Crippen molar-refractivity contribution in [2.45, 2.75) is 13.0 Å². The first-order valence-electron chi connectivity index (χ1n) is 5.50. The van der Waals surface area contributed by atoms with Crippen molar-refractivity contribution in [1.29, 1.82) is 0 Å². The first kappa shape index (κ1) is 14.3. The third-order valence-corrected chi connectivity index (χ3v) is 2.43. The maximum Gasteiger partial charge on any atom is 0.321 e. The Labute approximate surface area is 111 Å². The summed E-state index contributed by atoms with van der Waals surface area (Å²) in [6.07, 6.45) is 1.87. The summed E-state index contributed by atoms with van der Waals surface area (Å²) in [4.78, 5) is 22.4. The van der Waals surface area contributed by atoms with Crippen LogP contribution < -0.4 is 10.6 Å². The molecule has 0 aliphatic carbocycles. The van der Waals surface area contributed by atoms with E-state index in [-0.39, 0.29) is 18.2 Å². The second-order valence-electron chi connectivity index (χ2n) is 3.62. The van der Waals surface area contributed by atoms with E-state index in [1.54, 1.807) is 6.08 Å². The van der Waals surface area contributed by atoms with Crippen molar-refractivity contribution in [2.24, 2.45) is 0 Å². The van der Waals surface area contributed by atoms with Gasteiger partial charge in [0.15, 0.2) is 0 Å². The Bertz CT molecular complexity index is 429. The van der Waals surface area contributed by atoms with Crippen molar-refractivity contribution in [3.05, 3.63) is 42.0 Å². The summed E-state index contributed by atoms with van der Waals surface area (Å²) in [6.45, 7) is 4.02. The van der Waals surface area contributed by atoms with Crippen LogP contribution in [0.25, 0.3) is 6.08 Å². The summed E-state index contributed by atoms with van der Waals surface area (Å²) in [7, 11) is 0. The van der Waals surface area contributed by atoms with Crippen LogP contribution in [0.1, 0.15) is 17.5 Å². The normalized spacial score (nSPS) is 9.61. The molecule has 2 N–H and O–H groups in total. The SMILES string of the molecule is C=Cc1ccc(CNC(=O)NC(=O)CCCl)cc1. The molecule has 0 heterocycles. The highest BCUT2D eigenvalue weighted by Crippen LogP contribution is 2.04. The van der Waals surface area contributed by atoms with Gasteiger partial charge in [-0.05, 0) is 11.1 Å². The van der Waals surface area contributed by atoms with Gasteiger partial charge in [0.2, 0.25) is 5.91 Å². The molecule has 1 rings (SSSR count). The minimum atomic E-state index is -0.516. The van der Waals surface area contributed by atoms with Gasteiger partial charge in [-0.25, -0.2) is 4.79 Å². The number of carbonyl (C=O) groups excluding carboxylic acids is 2. The molecule has 0 aliphatic rings. The molecule has 5 heteroatoms. The standard InChI is InChI=1S/C13H15ClN2O2/c1-2-10-3-5-11(6-4-10)9-15-13(18)16-12(17)7-8-14/h2-6H,1,7-9H2,(H2,15,16,17,18). The quantitative estimate of drug-likeness (QED) is 0.804. The van der Waals surface area contributed by atoms with Crippen LogP contribution in [0.4, 0.5) is 4.79 Å². The molecule has 96 valence electrons. The maximum absolute atomic E-state index is 11.3. The van der Waals surface area contributed by atoms with Crippen molar-refractivity contribution in [1.82, 2.24) is 10.6 Å². The molecule has 3 amide bonds. The summed E-state index contributed by atoms with van der Waals surface area (Å²) in [6, 6.07) is 7.06. The van der Waals surface area contributed by atoms with E-state index in [0.29, 0.717) is 6.54 Å². The van der Waals surface area contributed by atoms with E-state index in [0.717, 1.165) is 11.1 Å². The maximum atomic E-state index is 11.3. The third kappa shape index (κ3) is 5.01. The molecule has 0 saturated carbocycles. The minimum Gasteiger partial charge on any atom is -0.334 e. The Kier molecular flexibility index (Phi) is 5.94. The molecular formula is C13H15ClN2O2. The number of hydrogen-bond donors (Lipinski definition) is 2. The number of nitrogens with one attached hydrogen (secondary N) is 2. The molecule has 0 aliphatic heterocycles. The molecule has 0 radical (unpaired) electrons. The number of hydrogen-bond acceptors (Lipinski definition) is 2. The van der Waals surface area contributed by atoms with Crippen LogP contribution in [0.15, 0.2) is 30.8 Å². The molecular weight excluding hydrogens is 252 g/mol. The van der Waals surface area contributed by atoms with Crippen molar-refractivity contribution < 1.29 is 9.59 Å². The van der Waals surface area contributed by atoms with Crippen LogP contribution in [0, 0.1) is 0 Å². The Balaban J connectivity index is 2.37. The fourth-order valence-corrected chi connectivity index (χ4v) is 1.44. The number of carbonyl (C=O) groups is 2. The molecule has 0 fully saturated rings. The highest BCUT2D eigenvalue weighted by molar-refractivity contribution is 6.19. The van der Waals surface area contributed by atoms with Crippen molar-refractivity contribution in [3.63, 3.8) is 0 Å². The lowest BCUT2D eigenvalue weighted by Crippen LogP contribution is -2.39. The van der Waals surface area contributed by atoms with Crippen LogP contribution >= 0.6 is 11.6 Å². The lowest BCUT2D eigenvalue weighted by Gasteiger charge is -2.06. The van der Waals surface area contributed by atoms with E-state index in [4.69, 9.17) is 11.6 Å². The van der Waals surface area contributed by atoms with Gasteiger partial charge in [0.05, 0.1) is 0 Å². The predicted molar refractivity (Wildman–Crippen MR) is 72.2 cm³/mol. The monoisotopic (exact) mass is 266 g/mol. The zero-order valence-electron chi connectivity index (χ0n) is 9.91. The fraction of sp³-hybridized carbons (Fsp3) is 0.231. The van der Waals surface area contributed by atoms with Crippen molar-refractivity contribution >= 4 is 29.6 Å². The summed E-state index contributed by atoms with van der Waals surface area (Å²) in [5.41, 5.74) is 1.96. The average molecular weight is 267 g/mol. The second-order valence-corrected chi connectivity index (χ2v) is 3.99. The highest BCUT2D eigenvalue weighted by atomic mass is 35.5. The summed E-state index contributed by atoms with van der Waals surface area (Å²) < 4.78 is 0. The zero-order valence-corrected chi connectivity index (χ0v) is 10.7. The number of benzene rings is 1. The van der Waals surface area contributed by atoms with E-state index >= 15 is 0 Å². The van der Waals surface area contributed by atoms with Gasteiger partial charge >= 0.3 is 6.03 Å². The lowest BCUT2D eigenvalue weighted by atomic mass is 10.1.